The summed E-state index contributed by atoms with van der Waals surface area (Å²) in [7, 11) is 0. The maximum absolute atomic E-state index is 11.9. The van der Waals surface area contributed by atoms with E-state index in [2.05, 4.69) is 5.32 Å². The third-order valence-corrected chi connectivity index (χ3v) is 2.96. The lowest BCUT2D eigenvalue weighted by Gasteiger charge is -2.26. The van der Waals surface area contributed by atoms with E-state index >= 15 is 0 Å². The molecular weight excluding hydrogens is 264 g/mol. The van der Waals surface area contributed by atoms with Crippen LogP contribution in [0.1, 0.15) is 20.8 Å². The van der Waals surface area contributed by atoms with E-state index < -0.39 is 6.10 Å². The van der Waals surface area contributed by atoms with E-state index in [1.165, 1.54) is 0 Å². The monoisotopic (exact) mass is 284 g/mol. The molecule has 0 radical (unpaired) electrons. The molecule has 19 heavy (non-hydrogen) atoms. The minimum Gasteiger partial charge on any atom is -0.392 e. The number of carbonyl (C=O) groups excluding carboxylic acids is 1. The Balaban J connectivity index is 2.55. The molecule has 0 fully saturated rings. The number of rotatable bonds is 6. The molecule has 1 aromatic carbocycles. The average Bonchev–Trinajstić information content (AvgIpc) is 2.30. The molecule has 4 nitrogen and oxygen atoms in total. The molecule has 5 heteroatoms. The first-order valence-electron chi connectivity index (χ1n) is 6.36. The molecule has 0 bridgehead atoms. The second-order valence-electron chi connectivity index (χ2n) is 4.93. The molecule has 1 aromatic rings. The van der Waals surface area contributed by atoms with Crippen LogP contribution in [0.3, 0.4) is 0 Å². The molecule has 2 N–H and O–H groups in total. The summed E-state index contributed by atoms with van der Waals surface area (Å²) >= 11 is 5.78. The van der Waals surface area contributed by atoms with Gasteiger partial charge in [-0.2, -0.15) is 0 Å². The molecule has 0 spiro atoms. The van der Waals surface area contributed by atoms with Gasteiger partial charge < -0.3 is 10.4 Å². The van der Waals surface area contributed by atoms with Crippen LogP contribution >= 0.6 is 11.6 Å². The standard InChI is InChI=1S/C14H21ClN2O2/c1-10(2)17(8-11(3)18)9-14(19)16-13-6-4-12(15)5-7-13/h4-7,10-11,18H,8-9H2,1-3H3,(H,16,19). The Morgan fingerprint density at radius 1 is 1.32 bits per heavy atom. The summed E-state index contributed by atoms with van der Waals surface area (Å²) < 4.78 is 0. The average molecular weight is 285 g/mol. The molecule has 0 aliphatic carbocycles. The van der Waals surface area contributed by atoms with E-state index in [-0.39, 0.29) is 18.5 Å². The summed E-state index contributed by atoms with van der Waals surface area (Å²) in [4.78, 5) is 13.9. The molecule has 0 heterocycles. The lowest BCUT2D eigenvalue weighted by Crippen LogP contribution is -2.41. The van der Waals surface area contributed by atoms with Crippen LogP contribution in [-0.2, 0) is 4.79 Å². The Bertz CT molecular complexity index is 404. The first kappa shape index (κ1) is 16.0. The second-order valence-corrected chi connectivity index (χ2v) is 5.36. The van der Waals surface area contributed by atoms with Gasteiger partial charge in [-0.1, -0.05) is 11.6 Å². The zero-order valence-electron chi connectivity index (χ0n) is 11.6. The fraction of sp³-hybridized carbons (Fsp3) is 0.500. The lowest BCUT2D eigenvalue weighted by molar-refractivity contribution is -0.118. The highest BCUT2D eigenvalue weighted by Crippen LogP contribution is 2.13. The van der Waals surface area contributed by atoms with Gasteiger partial charge in [0.1, 0.15) is 0 Å². The summed E-state index contributed by atoms with van der Waals surface area (Å²) in [6, 6.07) is 7.18. The van der Waals surface area contributed by atoms with Crippen molar-refractivity contribution in [2.24, 2.45) is 0 Å². The highest BCUT2D eigenvalue weighted by Gasteiger charge is 2.15. The van der Waals surface area contributed by atoms with Crippen LogP contribution in [0.15, 0.2) is 24.3 Å². The SMILES string of the molecule is CC(O)CN(CC(=O)Nc1ccc(Cl)cc1)C(C)C. The van der Waals surface area contributed by atoms with Gasteiger partial charge in [-0.3, -0.25) is 9.69 Å². The Labute approximate surface area is 119 Å². The molecule has 0 saturated carbocycles. The number of hydrogen-bond donors (Lipinski definition) is 2. The molecule has 106 valence electrons. The summed E-state index contributed by atoms with van der Waals surface area (Å²) in [5.74, 6) is -0.100. The molecule has 1 amide bonds. The molecule has 1 atom stereocenters. The van der Waals surface area contributed by atoms with Gasteiger partial charge in [-0.15, -0.1) is 0 Å². The number of amides is 1. The fourth-order valence-corrected chi connectivity index (χ4v) is 1.84. The Morgan fingerprint density at radius 3 is 2.37 bits per heavy atom. The van der Waals surface area contributed by atoms with Gasteiger partial charge >= 0.3 is 0 Å². The van der Waals surface area contributed by atoms with Gasteiger partial charge in [0, 0.05) is 23.3 Å². The minimum absolute atomic E-state index is 0.100. The van der Waals surface area contributed by atoms with Crippen molar-refractivity contribution in [3.05, 3.63) is 29.3 Å². The quantitative estimate of drug-likeness (QED) is 0.843. The maximum Gasteiger partial charge on any atom is 0.238 e. The summed E-state index contributed by atoms with van der Waals surface area (Å²) in [6.45, 7) is 6.44. The summed E-state index contributed by atoms with van der Waals surface area (Å²) in [5.41, 5.74) is 0.718. The Hall–Kier alpha value is -1.10. The molecule has 0 aliphatic heterocycles. The zero-order chi connectivity index (χ0) is 14.4. The van der Waals surface area contributed by atoms with Crippen molar-refractivity contribution in [3.63, 3.8) is 0 Å². The summed E-state index contributed by atoms with van der Waals surface area (Å²) in [5, 5.41) is 12.9. The van der Waals surface area contributed by atoms with Crippen molar-refractivity contribution in [2.75, 3.05) is 18.4 Å². The minimum atomic E-state index is -0.453. The highest BCUT2D eigenvalue weighted by atomic mass is 35.5. The number of carbonyl (C=O) groups is 1. The van der Waals surface area contributed by atoms with Crippen LogP contribution < -0.4 is 5.32 Å². The van der Waals surface area contributed by atoms with E-state index in [1.54, 1.807) is 31.2 Å². The number of halogens is 1. The van der Waals surface area contributed by atoms with Crippen LogP contribution in [0.2, 0.25) is 5.02 Å². The van der Waals surface area contributed by atoms with Gasteiger partial charge in [-0.25, -0.2) is 0 Å². The molecule has 0 saturated heterocycles. The molecule has 1 unspecified atom stereocenters. The largest absolute Gasteiger partial charge is 0.392 e. The van der Waals surface area contributed by atoms with E-state index in [1.807, 2.05) is 18.7 Å². The first-order valence-corrected chi connectivity index (χ1v) is 6.74. The van der Waals surface area contributed by atoms with Crippen molar-refractivity contribution < 1.29 is 9.90 Å². The Morgan fingerprint density at radius 2 is 1.89 bits per heavy atom. The van der Waals surface area contributed by atoms with Crippen LogP contribution in [0.25, 0.3) is 0 Å². The van der Waals surface area contributed by atoms with Gasteiger partial charge in [0.15, 0.2) is 0 Å². The van der Waals surface area contributed by atoms with Gasteiger partial charge in [0.25, 0.3) is 0 Å². The van der Waals surface area contributed by atoms with E-state index in [9.17, 15) is 9.90 Å². The zero-order valence-corrected chi connectivity index (χ0v) is 12.3. The number of aliphatic hydroxyl groups excluding tert-OH is 1. The second kappa shape index (κ2) is 7.48. The first-order chi connectivity index (χ1) is 8.88. The van der Waals surface area contributed by atoms with Gasteiger partial charge in [-0.05, 0) is 45.0 Å². The number of hydrogen-bond acceptors (Lipinski definition) is 3. The maximum atomic E-state index is 11.9. The third-order valence-electron chi connectivity index (χ3n) is 2.70. The van der Waals surface area contributed by atoms with Crippen molar-refractivity contribution in [1.82, 2.24) is 4.90 Å². The number of nitrogens with zero attached hydrogens (tertiary/aromatic N) is 1. The molecule has 0 aromatic heterocycles. The van der Waals surface area contributed by atoms with Crippen molar-refractivity contribution in [2.45, 2.75) is 32.9 Å². The topological polar surface area (TPSA) is 52.6 Å². The van der Waals surface area contributed by atoms with Crippen molar-refractivity contribution in [1.29, 1.82) is 0 Å². The lowest BCUT2D eigenvalue weighted by atomic mass is 10.2. The molecular formula is C14H21ClN2O2. The smallest absolute Gasteiger partial charge is 0.238 e. The summed E-state index contributed by atoms with van der Waals surface area (Å²) in [6.07, 6.45) is -0.453. The normalized spacial score (nSPS) is 12.8. The van der Waals surface area contributed by atoms with Crippen molar-refractivity contribution in [3.8, 4) is 0 Å². The van der Waals surface area contributed by atoms with Gasteiger partial charge in [0.2, 0.25) is 5.91 Å². The van der Waals surface area contributed by atoms with E-state index in [4.69, 9.17) is 11.6 Å². The molecule has 1 rings (SSSR count). The Kier molecular flexibility index (Phi) is 6.28. The van der Waals surface area contributed by atoms with Crippen LogP contribution in [0.5, 0.6) is 0 Å². The number of nitrogens with one attached hydrogen (secondary N) is 1. The number of anilines is 1. The van der Waals surface area contributed by atoms with Crippen LogP contribution in [0.4, 0.5) is 5.69 Å². The number of aliphatic hydroxyl groups is 1. The predicted molar refractivity (Wildman–Crippen MR) is 78.5 cm³/mol. The van der Waals surface area contributed by atoms with E-state index in [0.717, 1.165) is 5.69 Å². The molecule has 0 aliphatic rings. The van der Waals surface area contributed by atoms with E-state index in [0.29, 0.717) is 11.6 Å². The predicted octanol–water partition coefficient (Wildman–Crippen LogP) is 2.37. The van der Waals surface area contributed by atoms with Crippen molar-refractivity contribution >= 4 is 23.2 Å². The van der Waals surface area contributed by atoms with Gasteiger partial charge in [0.05, 0.1) is 12.6 Å². The fourth-order valence-electron chi connectivity index (χ4n) is 1.72. The third kappa shape index (κ3) is 6.05. The van der Waals surface area contributed by atoms with Crippen LogP contribution in [0, 0.1) is 0 Å². The van der Waals surface area contributed by atoms with Crippen LogP contribution in [-0.4, -0.2) is 41.1 Å². The highest BCUT2D eigenvalue weighted by molar-refractivity contribution is 6.30. The number of benzene rings is 1.